The Hall–Kier alpha value is -1.68. The molecule has 1 unspecified atom stereocenters. The van der Waals surface area contributed by atoms with Gasteiger partial charge in [-0.3, -0.25) is 9.59 Å². The smallest absolute Gasteiger partial charge is 0.166 e. The summed E-state index contributed by atoms with van der Waals surface area (Å²) >= 11 is 0. The molecule has 170 valence electrons. The molecular formula is C26H44N2O2. The number of hydrogen-bond donors (Lipinski definition) is 1. The van der Waals surface area contributed by atoms with Crippen LogP contribution < -0.4 is 5.32 Å². The summed E-state index contributed by atoms with van der Waals surface area (Å²) in [6.07, 6.45) is 9.47. The number of anilines is 1. The van der Waals surface area contributed by atoms with Gasteiger partial charge < -0.3 is 10.2 Å². The lowest BCUT2D eigenvalue weighted by atomic mass is 9.92. The highest BCUT2D eigenvalue weighted by atomic mass is 16.1. The van der Waals surface area contributed by atoms with Crippen LogP contribution in [0.3, 0.4) is 0 Å². The molecule has 0 saturated carbocycles. The van der Waals surface area contributed by atoms with Crippen LogP contribution in [0.25, 0.3) is 0 Å². The second-order valence-corrected chi connectivity index (χ2v) is 8.53. The minimum atomic E-state index is -0.0591. The van der Waals surface area contributed by atoms with Crippen LogP contribution in [-0.4, -0.2) is 42.6 Å². The van der Waals surface area contributed by atoms with Gasteiger partial charge in [-0.05, 0) is 76.9 Å². The van der Waals surface area contributed by atoms with Gasteiger partial charge in [0.15, 0.2) is 11.6 Å². The molecule has 1 N–H and O–H groups in total. The van der Waals surface area contributed by atoms with E-state index in [2.05, 4.69) is 24.1 Å². The second kappa shape index (κ2) is 15.2. The highest BCUT2D eigenvalue weighted by Crippen LogP contribution is 2.21. The lowest BCUT2D eigenvalue weighted by Crippen LogP contribution is -2.27. The first-order valence-corrected chi connectivity index (χ1v) is 12.1. The fraction of sp³-hybridized carbons (Fsp3) is 0.692. The van der Waals surface area contributed by atoms with Crippen molar-refractivity contribution in [1.29, 1.82) is 0 Å². The standard InChI is InChI=1S/C26H44N2O2/c1-6-9-12-18-28(17-7-2)19-13-10-11-16-27-23-14-15-24(25(20-23)22(5)29)26(30)21(4)8-3/h14-15,20-21,27H,6-13,16-19H2,1-5H3. The van der Waals surface area contributed by atoms with Crippen LogP contribution in [0.15, 0.2) is 18.2 Å². The summed E-state index contributed by atoms with van der Waals surface area (Å²) in [5, 5.41) is 3.43. The number of carbonyl (C=O) groups excluding carboxylic acids is 2. The number of rotatable bonds is 17. The van der Waals surface area contributed by atoms with Gasteiger partial charge in [0.2, 0.25) is 0 Å². The molecule has 4 heteroatoms. The van der Waals surface area contributed by atoms with Crippen LogP contribution >= 0.6 is 0 Å². The lowest BCUT2D eigenvalue weighted by molar-refractivity contribution is 0.0916. The maximum Gasteiger partial charge on any atom is 0.166 e. The molecule has 0 amide bonds. The van der Waals surface area contributed by atoms with E-state index in [4.69, 9.17) is 0 Å². The van der Waals surface area contributed by atoms with Crippen molar-refractivity contribution in [3.05, 3.63) is 29.3 Å². The SMILES string of the molecule is CCCCCN(CCC)CCCCCNc1ccc(C(=O)C(C)CC)c(C(C)=O)c1. The molecule has 4 nitrogen and oxygen atoms in total. The fourth-order valence-corrected chi connectivity index (χ4v) is 3.72. The topological polar surface area (TPSA) is 49.4 Å². The van der Waals surface area contributed by atoms with Gasteiger partial charge in [0, 0.05) is 29.3 Å². The van der Waals surface area contributed by atoms with Gasteiger partial charge in [-0.15, -0.1) is 0 Å². The summed E-state index contributed by atoms with van der Waals surface area (Å²) in [5.74, 6) is -0.0506. The number of carbonyl (C=O) groups is 2. The molecule has 1 atom stereocenters. The average molecular weight is 417 g/mol. The maximum absolute atomic E-state index is 12.6. The maximum atomic E-state index is 12.6. The van der Waals surface area contributed by atoms with Crippen LogP contribution in [0.5, 0.6) is 0 Å². The van der Waals surface area contributed by atoms with E-state index < -0.39 is 0 Å². The first-order valence-electron chi connectivity index (χ1n) is 12.1. The zero-order chi connectivity index (χ0) is 22.4. The first-order chi connectivity index (χ1) is 14.4. The summed E-state index contributed by atoms with van der Waals surface area (Å²) < 4.78 is 0. The molecule has 0 radical (unpaired) electrons. The van der Waals surface area contributed by atoms with Crippen LogP contribution in [0.2, 0.25) is 0 Å². The number of Topliss-reactive ketones (excluding diaryl/α,β-unsaturated/α-hetero) is 2. The molecule has 1 rings (SSSR count). The van der Waals surface area contributed by atoms with E-state index in [0.29, 0.717) is 11.1 Å². The third-order valence-corrected chi connectivity index (χ3v) is 5.82. The van der Waals surface area contributed by atoms with Crippen molar-refractivity contribution in [2.24, 2.45) is 5.92 Å². The van der Waals surface area contributed by atoms with Crippen LogP contribution in [0.1, 0.15) is 107 Å². The molecule has 0 spiro atoms. The van der Waals surface area contributed by atoms with Crippen LogP contribution in [0.4, 0.5) is 5.69 Å². The van der Waals surface area contributed by atoms with Crippen molar-refractivity contribution < 1.29 is 9.59 Å². The molecule has 0 aromatic heterocycles. The zero-order valence-corrected chi connectivity index (χ0v) is 20.1. The summed E-state index contributed by atoms with van der Waals surface area (Å²) in [4.78, 5) is 27.2. The van der Waals surface area contributed by atoms with Gasteiger partial charge in [0.1, 0.15) is 0 Å². The molecule has 0 bridgehead atoms. The van der Waals surface area contributed by atoms with E-state index in [0.717, 1.165) is 25.1 Å². The molecule has 30 heavy (non-hydrogen) atoms. The van der Waals surface area contributed by atoms with Crippen molar-refractivity contribution in [2.75, 3.05) is 31.5 Å². The van der Waals surface area contributed by atoms with Crippen LogP contribution in [0, 0.1) is 5.92 Å². The Balaban J connectivity index is 2.46. The van der Waals surface area contributed by atoms with Crippen molar-refractivity contribution in [2.45, 2.75) is 86.0 Å². The predicted molar refractivity (Wildman–Crippen MR) is 129 cm³/mol. The Kier molecular flexibility index (Phi) is 13.3. The first kappa shape index (κ1) is 26.4. The van der Waals surface area contributed by atoms with Gasteiger partial charge in [-0.1, -0.05) is 47.0 Å². The summed E-state index contributed by atoms with van der Waals surface area (Å²) in [6, 6.07) is 5.58. The summed E-state index contributed by atoms with van der Waals surface area (Å²) in [7, 11) is 0. The molecule has 0 aliphatic carbocycles. The highest BCUT2D eigenvalue weighted by molar-refractivity contribution is 6.09. The monoisotopic (exact) mass is 416 g/mol. The minimum absolute atomic E-state index is 0.0515. The molecule has 0 fully saturated rings. The van der Waals surface area contributed by atoms with Crippen molar-refractivity contribution >= 4 is 17.3 Å². The Bertz CT molecular complexity index is 642. The quantitative estimate of drug-likeness (QED) is 0.229. The van der Waals surface area contributed by atoms with E-state index in [1.165, 1.54) is 65.1 Å². The highest BCUT2D eigenvalue weighted by Gasteiger charge is 2.19. The molecule has 0 aliphatic rings. The molecule has 0 heterocycles. The van der Waals surface area contributed by atoms with E-state index in [-0.39, 0.29) is 17.5 Å². The molecule has 1 aromatic carbocycles. The largest absolute Gasteiger partial charge is 0.385 e. The Morgan fingerprint density at radius 2 is 1.60 bits per heavy atom. The van der Waals surface area contributed by atoms with Gasteiger partial charge >= 0.3 is 0 Å². The Morgan fingerprint density at radius 1 is 0.900 bits per heavy atom. The van der Waals surface area contributed by atoms with E-state index in [1.54, 1.807) is 0 Å². The van der Waals surface area contributed by atoms with E-state index in [1.807, 2.05) is 32.0 Å². The number of nitrogens with zero attached hydrogens (tertiary/aromatic N) is 1. The minimum Gasteiger partial charge on any atom is -0.385 e. The van der Waals surface area contributed by atoms with Crippen LogP contribution in [-0.2, 0) is 0 Å². The molecular weight excluding hydrogens is 372 g/mol. The van der Waals surface area contributed by atoms with Gasteiger partial charge in [0.05, 0.1) is 0 Å². The number of benzene rings is 1. The van der Waals surface area contributed by atoms with E-state index in [9.17, 15) is 9.59 Å². The Labute approximate surface area is 184 Å². The molecule has 0 saturated heterocycles. The Morgan fingerprint density at radius 3 is 2.20 bits per heavy atom. The van der Waals surface area contributed by atoms with Crippen molar-refractivity contribution in [3.8, 4) is 0 Å². The molecule has 1 aromatic rings. The summed E-state index contributed by atoms with van der Waals surface area (Å²) in [5.41, 5.74) is 2.02. The van der Waals surface area contributed by atoms with Gasteiger partial charge in [0.25, 0.3) is 0 Å². The van der Waals surface area contributed by atoms with E-state index >= 15 is 0 Å². The van der Waals surface area contributed by atoms with Gasteiger partial charge in [-0.25, -0.2) is 0 Å². The number of hydrogen-bond acceptors (Lipinski definition) is 4. The van der Waals surface area contributed by atoms with Crippen molar-refractivity contribution in [3.63, 3.8) is 0 Å². The third-order valence-electron chi connectivity index (χ3n) is 5.82. The predicted octanol–water partition coefficient (Wildman–Crippen LogP) is 6.60. The average Bonchev–Trinajstić information content (AvgIpc) is 2.74. The zero-order valence-electron chi connectivity index (χ0n) is 20.1. The number of ketones is 2. The lowest BCUT2D eigenvalue weighted by Gasteiger charge is -2.21. The fourth-order valence-electron chi connectivity index (χ4n) is 3.72. The molecule has 0 aliphatic heterocycles. The number of nitrogens with one attached hydrogen (secondary N) is 1. The summed E-state index contributed by atoms with van der Waals surface area (Å²) in [6.45, 7) is 14.5. The second-order valence-electron chi connectivity index (χ2n) is 8.53. The normalized spacial score (nSPS) is 12.2. The third kappa shape index (κ3) is 9.42. The van der Waals surface area contributed by atoms with Crippen molar-refractivity contribution in [1.82, 2.24) is 4.90 Å². The van der Waals surface area contributed by atoms with Gasteiger partial charge in [-0.2, -0.15) is 0 Å². The number of unbranched alkanes of at least 4 members (excludes halogenated alkanes) is 4.